The number of hydrogen-bond donors (Lipinski definition) is 1. The highest BCUT2D eigenvalue weighted by Gasteiger charge is 2.39. The largest absolute Gasteiger partial charge is 0.314 e. The average Bonchev–Trinajstić information content (AvgIpc) is 3.00. The van der Waals surface area contributed by atoms with Gasteiger partial charge in [-0.25, -0.2) is 0 Å². The van der Waals surface area contributed by atoms with E-state index < -0.39 is 0 Å². The number of nitrogens with one attached hydrogen (secondary N) is 1. The number of hydrogen-bond acceptors (Lipinski definition) is 6. The minimum absolute atomic E-state index is 0.0803. The van der Waals surface area contributed by atoms with Gasteiger partial charge in [-0.15, -0.1) is 0 Å². The maximum atomic E-state index is 13.3. The molecule has 8 heteroatoms. The van der Waals surface area contributed by atoms with Crippen molar-refractivity contribution in [1.29, 1.82) is 0 Å². The molecule has 1 N–H and O–H groups in total. The second-order valence-corrected chi connectivity index (χ2v) is 12.2. The van der Waals surface area contributed by atoms with Crippen molar-refractivity contribution in [2.24, 2.45) is 5.41 Å². The minimum Gasteiger partial charge on any atom is -0.314 e. The fraction of sp³-hybridized carbons (Fsp3) is 0.314. The topological polar surface area (TPSA) is 90.0 Å². The molecule has 3 aliphatic rings. The molecule has 0 atom stereocenters. The summed E-state index contributed by atoms with van der Waals surface area (Å²) in [6, 6.07) is 22.4. The Morgan fingerprint density at radius 2 is 1.12 bits per heavy atom. The molecule has 43 heavy (non-hydrogen) atoms. The summed E-state index contributed by atoms with van der Waals surface area (Å²) in [5.74, 6) is -0.948. The van der Waals surface area contributed by atoms with Crippen molar-refractivity contribution in [2.75, 3.05) is 46.3 Å². The molecule has 2 heterocycles. The summed E-state index contributed by atoms with van der Waals surface area (Å²) in [7, 11) is 2.04. The van der Waals surface area contributed by atoms with Gasteiger partial charge in [0.2, 0.25) is 0 Å². The van der Waals surface area contributed by atoms with Gasteiger partial charge < -0.3 is 10.2 Å². The summed E-state index contributed by atoms with van der Waals surface area (Å²) < 4.78 is 0. The number of rotatable bonds is 10. The van der Waals surface area contributed by atoms with E-state index in [9.17, 15) is 19.2 Å². The van der Waals surface area contributed by atoms with E-state index in [0.717, 1.165) is 53.9 Å². The Morgan fingerprint density at radius 1 is 0.674 bits per heavy atom. The van der Waals surface area contributed by atoms with Crippen molar-refractivity contribution in [1.82, 2.24) is 20.0 Å². The molecule has 1 fully saturated rings. The minimum atomic E-state index is -0.241. The first-order valence-corrected chi connectivity index (χ1v) is 15.0. The molecule has 0 saturated heterocycles. The summed E-state index contributed by atoms with van der Waals surface area (Å²) in [5, 5.41) is 6.83. The quantitative estimate of drug-likeness (QED) is 0.220. The van der Waals surface area contributed by atoms with Gasteiger partial charge in [0.25, 0.3) is 23.6 Å². The normalized spacial score (nSPS) is 17.3. The highest BCUT2D eigenvalue weighted by Crippen LogP contribution is 2.41. The Kier molecular flexibility index (Phi) is 6.83. The highest BCUT2D eigenvalue weighted by molar-refractivity contribution is 6.26. The lowest BCUT2D eigenvalue weighted by molar-refractivity contribution is 0.0540. The third-order valence-corrected chi connectivity index (χ3v) is 9.45. The number of carbonyl (C=O) groups excluding carboxylic acids is 4. The van der Waals surface area contributed by atoms with Gasteiger partial charge >= 0.3 is 0 Å². The maximum absolute atomic E-state index is 13.3. The van der Waals surface area contributed by atoms with E-state index in [1.54, 1.807) is 24.3 Å². The van der Waals surface area contributed by atoms with E-state index in [0.29, 0.717) is 48.4 Å². The fourth-order valence-electron chi connectivity index (χ4n) is 7.10. The average molecular weight is 575 g/mol. The molecule has 0 radical (unpaired) electrons. The Morgan fingerprint density at radius 3 is 1.53 bits per heavy atom. The van der Waals surface area contributed by atoms with Crippen molar-refractivity contribution in [3.63, 3.8) is 0 Å². The van der Waals surface area contributed by atoms with E-state index in [2.05, 4.69) is 10.2 Å². The van der Waals surface area contributed by atoms with Gasteiger partial charge in [0, 0.05) is 72.3 Å². The maximum Gasteiger partial charge on any atom is 0.261 e. The van der Waals surface area contributed by atoms with Crippen LogP contribution < -0.4 is 5.32 Å². The second kappa shape index (κ2) is 10.7. The number of benzene rings is 4. The van der Waals surface area contributed by atoms with Gasteiger partial charge in [0.1, 0.15) is 0 Å². The van der Waals surface area contributed by atoms with Crippen LogP contribution in [-0.2, 0) is 0 Å². The Bertz CT molecular complexity index is 1710. The van der Waals surface area contributed by atoms with Crippen LogP contribution in [0.1, 0.15) is 60.7 Å². The summed E-state index contributed by atoms with van der Waals surface area (Å²) >= 11 is 0. The molecule has 4 aromatic rings. The van der Waals surface area contributed by atoms with Crippen molar-refractivity contribution in [3.05, 3.63) is 95.1 Å². The summed E-state index contributed by atoms with van der Waals surface area (Å²) in [4.78, 5) is 57.9. The number of amides is 4. The van der Waals surface area contributed by atoms with Crippen LogP contribution >= 0.6 is 0 Å². The summed E-state index contributed by atoms with van der Waals surface area (Å²) in [6.07, 6.45) is 3.32. The smallest absolute Gasteiger partial charge is 0.261 e. The predicted molar refractivity (Wildman–Crippen MR) is 165 cm³/mol. The van der Waals surface area contributed by atoms with Crippen LogP contribution in [0.5, 0.6) is 0 Å². The van der Waals surface area contributed by atoms with Crippen LogP contribution in [0.15, 0.2) is 72.8 Å². The molecule has 0 spiro atoms. The van der Waals surface area contributed by atoms with Crippen LogP contribution in [0.3, 0.4) is 0 Å². The molecule has 218 valence electrons. The van der Waals surface area contributed by atoms with Crippen molar-refractivity contribution < 1.29 is 19.2 Å². The van der Waals surface area contributed by atoms with Crippen LogP contribution in [0.2, 0.25) is 0 Å². The second-order valence-electron chi connectivity index (χ2n) is 12.2. The van der Waals surface area contributed by atoms with Crippen molar-refractivity contribution in [3.8, 4) is 0 Å². The Balaban J connectivity index is 0.943. The van der Waals surface area contributed by atoms with E-state index in [-0.39, 0.29) is 29.0 Å². The zero-order valence-corrected chi connectivity index (χ0v) is 24.3. The number of carbonyl (C=O) groups is 4. The zero-order chi connectivity index (χ0) is 29.7. The monoisotopic (exact) mass is 574 g/mol. The van der Waals surface area contributed by atoms with E-state index >= 15 is 0 Å². The Labute approximate surface area is 250 Å². The third-order valence-electron chi connectivity index (χ3n) is 9.45. The molecule has 4 aromatic carbocycles. The van der Waals surface area contributed by atoms with Gasteiger partial charge in [-0.05, 0) is 60.3 Å². The molecule has 0 aromatic heterocycles. The van der Waals surface area contributed by atoms with Crippen LogP contribution in [0, 0.1) is 5.41 Å². The third kappa shape index (κ3) is 4.62. The highest BCUT2D eigenvalue weighted by atomic mass is 16.2. The summed E-state index contributed by atoms with van der Waals surface area (Å²) in [5.41, 5.74) is 2.41. The molecule has 0 unspecified atom stereocenters. The molecule has 1 aliphatic carbocycles. The summed E-state index contributed by atoms with van der Waals surface area (Å²) in [6.45, 7) is 3.34. The zero-order valence-electron chi connectivity index (χ0n) is 24.3. The molecule has 8 nitrogen and oxygen atoms in total. The van der Waals surface area contributed by atoms with Crippen LogP contribution in [0.25, 0.3) is 21.5 Å². The van der Waals surface area contributed by atoms with Gasteiger partial charge in [0.05, 0.1) is 0 Å². The first-order chi connectivity index (χ1) is 20.9. The molecule has 0 bridgehead atoms. The van der Waals surface area contributed by atoms with Crippen LogP contribution in [-0.4, -0.2) is 84.6 Å². The van der Waals surface area contributed by atoms with Crippen molar-refractivity contribution in [2.45, 2.75) is 19.3 Å². The molecule has 2 aliphatic heterocycles. The number of nitrogens with zero attached hydrogens (tertiary/aromatic N) is 3. The first kappa shape index (κ1) is 27.4. The standard InChI is InChI=1S/C35H34N4O4/c1-37(19-20-39-33(42)27-13-4-9-24-10-5-14-28(30(24)27)34(39)43)22-35(15-6-16-35)21-36-17-18-38-31(40)25-11-2-7-23-8-3-12-26(29(23)25)32(38)41/h2-5,7-14,36H,6,15-22H2,1H3. The lowest BCUT2D eigenvalue weighted by Gasteiger charge is -2.45. The number of imide groups is 2. The van der Waals surface area contributed by atoms with Crippen LogP contribution in [0.4, 0.5) is 0 Å². The lowest BCUT2D eigenvalue weighted by Crippen LogP contribution is -2.51. The van der Waals surface area contributed by atoms with Gasteiger partial charge in [-0.1, -0.05) is 55.0 Å². The van der Waals surface area contributed by atoms with E-state index in [1.807, 2.05) is 55.6 Å². The van der Waals surface area contributed by atoms with Gasteiger partial charge in [-0.2, -0.15) is 0 Å². The van der Waals surface area contributed by atoms with Crippen molar-refractivity contribution >= 4 is 45.2 Å². The predicted octanol–water partition coefficient (Wildman–Crippen LogP) is 4.58. The molecule has 1 saturated carbocycles. The Hall–Kier alpha value is -4.40. The molecule has 4 amide bonds. The first-order valence-electron chi connectivity index (χ1n) is 15.0. The van der Waals surface area contributed by atoms with Gasteiger partial charge in [-0.3, -0.25) is 29.0 Å². The molecular weight excluding hydrogens is 540 g/mol. The molecule has 7 rings (SSSR count). The fourth-order valence-corrected chi connectivity index (χ4v) is 7.10. The molecular formula is C35H34N4O4. The lowest BCUT2D eigenvalue weighted by atomic mass is 9.68. The number of likely N-dealkylation sites (N-methyl/N-ethyl adjacent to an activating group) is 1. The SMILES string of the molecule is CN(CCN1C(=O)c2cccc3cccc(c23)C1=O)CC1(CNCCN2C(=O)c3cccc4cccc(c34)C2=O)CCC1. The van der Waals surface area contributed by atoms with E-state index in [1.165, 1.54) is 9.80 Å². The van der Waals surface area contributed by atoms with Gasteiger partial charge in [0.15, 0.2) is 0 Å². The van der Waals surface area contributed by atoms with E-state index in [4.69, 9.17) is 0 Å².